The fourth-order valence-electron chi connectivity index (χ4n) is 1.24. The van der Waals surface area contributed by atoms with Crippen LogP contribution in [0.4, 0.5) is 0 Å². The number of carbonyl (C=O) groups is 1. The third-order valence-corrected chi connectivity index (χ3v) is 1.97. The van der Waals surface area contributed by atoms with E-state index in [0.29, 0.717) is 0 Å². The van der Waals surface area contributed by atoms with Gasteiger partial charge in [0.15, 0.2) is 0 Å². The molecule has 1 atom stereocenters. The van der Waals surface area contributed by atoms with Gasteiger partial charge < -0.3 is 4.74 Å². The number of hydrogen-bond donors (Lipinski definition) is 2. The third-order valence-electron chi connectivity index (χ3n) is 1.97. The lowest BCUT2D eigenvalue weighted by molar-refractivity contribution is -0.143. The lowest BCUT2D eigenvalue weighted by Gasteiger charge is -2.14. The van der Waals surface area contributed by atoms with Crippen LogP contribution in [0.2, 0.25) is 0 Å². The first-order chi connectivity index (χ1) is 8.77. The first-order valence-corrected chi connectivity index (χ1v) is 6.75. The van der Waals surface area contributed by atoms with Gasteiger partial charge in [-0.2, -0.15) is 8.42 Å². The number of ether oxygens (including phenoxy) is 1. The molecule has 0 aliphatic rings. The summed E-state index contributed by atoms with van der Waals surface area (Å²) < 4.78 is 36.8. The Hall–Kier alpha value is -1.70. The Kier molecular flexibility index (Phi) is 7.66. The zero-order chi connectivity index (χ0) is 14.9. The molecule has 0 spiro atoms. The lowest BCUT2D eigenvalue weighted by atomic mass is 10.1. The Balaban J connectivity index is 0.000000555. The predicted molar refractivity (Wildman–Crippen MR) is 69.9 cm³/mol. The van der Waals surface area contributed by atoms with Crippen LogP contribution in [-0.2, 0) is 19.9 Å². The van der Waals surface area contributed by atoms with Gasteiger partial charge in [-0.05, 0) is 12.0 Å². The van der Waals surface area contributed by atoms with E-state index in [4.69, 9.17) is 22.3 Å². The minimum Gasteiger partial charge on any atom is -0.454 e. The normalized spacial score (nSPS) is 11.7. The van der Waals surface area contributed by atoms with Crippen molar-refractivity contribution in [1.29, 1.82) is 0 Å². The first-order valence-electron chi connectivity index (χ1n) is 5.35. The van der Waals surface area contributed by atoms with Crippen molar-refractivity contribution < 1.29 is 27.1 Å². The maximum absolute atomic E-state index is 11.0. The van der Waals surface area contributed by atoms with Crippen molar-refractivity contribution in [1.82, 2.24) is 0 Å². The second-order valence-electron chi connectivity index (χ2n) is 3.40. The van der Waals surface area contributed by atoms with Gasteiger partial charge in [0.25, 0.3) is 0 Å². The summed E-state index contributed by atoms with van der Waals surface area (Å²) in [4.78, 5) is 11.0. The summed E-state index contributed by atoms with van der Waals surface area (Å²) in [5, 5.41) is 0. The quantitative estimate of drug-likeness (QED) is 0.500. The summed E-state index contributed by atoms with van der Waals surface area (Å²) in [5.74, 6) is -0.374. The highest BCUT2D eigenvalue weighted by molar-refractivity contribution is 7.79. The highest BCUT2D eigenvalue weighted by atomic mass is 32.3. The van der Waals surface area contributed by atoms with Gasteiger partial charge in [-0.1, -0.05) is 43.8 Å². The summed E-state index contributed by atoms with van der Waals surface area (Å²) in [5.41, 5.74) is 1.02. The summed E-state index contributed by atoms with van der Waals surface area (Å²) in [7, 11) is -4.67. The molecule has 19 heavy (non-hydrogen) atoms. The molecule has 0 aromatic heterocycles. The Morgan fingerprint density at radius 2 is 1.84 bits per heavy atom. The number of esters is 1. The van der Waals surface area contributed by atoms with Gasteiger partial charge in [-0.3, -0.25) is 9.11 Å². The molecule has 0 aliphatic heterocycles. The molecule has 0 heterocycles. The van der Waals surface area contributed by atoms with E-state index in [9.17, 15) is 4.79 Å². The Morgan fingerprint density at radius 3 is 2.21 bits per heavy atom. The number of carbonyl (C=O) groups excluding carboxylic acids is 1. The Bertz CT molecular complexity index is 486. The topological polar surface area (TPSA) is 101 Å². The van der Waals surface area contributed by atoms with Crippen LogP contribution >= 0.6 is 0 Å². The number of benzene rings is 1. The maximum Gasteiger partial charge on any atom is 0.394 e. The Morgan fingerprint density at radius 1 is 1.37 bits per heavy atom. The SMILES string of the molecule is C=CC(=O)OC(CC)c1ccccc1.O=S(=O)(O)O. The molecule has 0 saturated carbocycles. The van der Waals surface area contributed by atoms with E-state index in [2.05, 4.69) is 6.58 Å². The average Bonchev–Trinajstić information content (AvgIpc) is 2.34. The van der Waals surface area contributed by atoms with E-state index in [1.807, 2.05) is 37.3 Å². The highest BCUT2D eigenvalue weighted by Gasteiger charge is 2.11. The number of hydrogen-bond acceptors (Lipinski definition) is 4. The van der Waals surface area contributed by atoms with Gasteiger partial charge in [0.05, 0.1) is 0 Å². The van der Waals surface area contributed by atoms with Crippen molar-refractivity contribution in [2.75, 3.05) is 0 Å². The molecule has 0 fully saturated rings. The molecule has 1 aromatic rings. The van der Waals surface area contributed by atoms with E-state index < -0.39 is 10.4 Å². The van der Waals surface area contributed by atoms with Crippen LogP contribution in [0.25, 0.3) is 0 Å². The van der Waals surface area contributed by atoms with Gasteiger partial charge in [0.2, 0.25) is 0 Å². The van der Waals surface area contributed by atoms with Crippen molar-refractivity contribution >= 4 is 16.4 Å². The lowest BCUT2D eigenvalue weighted by Crippen LogP contribution is -2.08. The maximum atomic E-state index is 11.0. The molecule has 1 unspecified atom stereocenters. The van der Waals surface area contributed by atoms with Gasteiger partial charge in [-0.15, -0.1) is 0 Å². The second kappa shape index (κ2) is 8.41. The van der Waals surface area contributed by atoms with Crippen LogP contribution in [-0.4, -0.2) is 23.5 Å². The molecule has 0 saturated heterocycles. The molecular formula is C12H16O6S. The van der Waals surface area contributed by atoms with Crippen LogP contribution in [0, 0.1) is 0 Å². The Labute approximate surface area is 112 Å². The summed E-state index contributed by atoms with van der Waals surface area (Å²) in [6, 6.07) is 9.69. The standard InChI is InChI=1S/C12H14O2.H2O4S/c1-3-11(14-12(13)4-2)10-8-6-5-7-9-10;1-5(2,3)4/h4-9,11H,2-3H2,1H3;(H2,1,2,3,4). The van der Waals surface area contributed by atoms with Gasteiger partial charge in [0, 0.05) is 6.08 Å². The number of rotatable bonds is 4. The van der Waals surface area contributed by atoms with E-state index in [1.54, 1.807) is 0 Å². The molecule has 0 radical (unpaired) electrons. The van der Waals surface area contributed by atoms with Gasteiger partial charge in [0.1, 0.15) is 6.10 Å². The zero-order valence-corrected chi connectivity index (χ0v) is 11.2. The molecule has 7 heteroatoms. The average molecular weight is 288 g/mol. The van der Waals surface area contributed by atoms with Crippen LogP contribution in [0.5, 0.6) is 0 Å². The van der Waals surface area contributed by atoms with Crippen LogP contribution in [0.15, 0.2) is 43.0 Å². The van der Waals surface area contributed by atoms with Crippen molar-refractivity contribution in [2.24, 2.45) is 0 Å². The van der Waals surface area contributed by atoms with E-state index in [-0.39, 0.29) is 12.1 Å². The van der Waals surface area contributed by atoms with Crippen LogP contribution < -0.4 is 0 Å². The molecule has 2 N–H and O–H groups in total. The molecule has 0 aliphatic carbocycles. The fourth-order valence-corrected chi connectivity index (χ4v) is 1.24. The van der Waals surface area contributed by atoms with Crippen molar-refractivity contribution in [3.8, 4) is 0 Å². The predicted octanol–water partition coefficient (Wildman–Crippen LogP) is 2.21. The zero-order valence-electron chi connectivity index (χ0n) is 10.4. The van der Waals surface area contributed by atoms with E-state index in [0.717, 1.165) is 12.0 Å². The highest BCUT2D eigenvalue weighted by Crippen LogP contribution is 2.20. The minimum absolute atomic E-state index is 0.165. The molecule has 1 aromatic carbocycles. The van der Waals surface area contributed by atoms with Gasteiger partial charge in [-0.25, -0.2) is 4.79 Å². The largest absolute Gasteiger partial charge is 0.454 e. The third kappa shape index (κ3) is 9.95. The molecule has 6 nitrogen and oxygen atoms in total. The van der Waals surface area contributed by atoms with Crippen molar-refractivity contribution in [3.63, 3.8) is 0 Å². The van der Waals surface area contributed by atoms with Crippen molar-refractivity contribution in [3.05, 3.63) is 48.6 Å². The molecule has 0 amide bonds. The molecular weight excluding hydrogens is 272 g/mol. The summed E-state index contributed by atoms with van der Waals surface area (Å²) in [6.07, 6.45) is 1.79. The van der Waals surface area contributed by atoms with Crippen LogP contribution in [0.1, 0.15) is 25.0 Å². The summed E-state index contributed by atoms with van der Waals surface area (Å²) in [6.45, 7) is 5.35. The second-order valence-corrected chi connectivity index (χ2v) is 4.29. The van der Waals surface area contributed by atoms with E-state index in [1.165, 1.54) is 6.08 Å². The fraction of sp³-hybridized carbons (Fsp3) is 0.250. The first kappa shape index (κ1) is 17.3. The smallest absolute Gasteiger partial charge is 0.394 e. The monoisotopic (exact) mass is 288 g/mol. The van der Waals surface area contributed by atoms with Gasteiger partial charge >= 0.3 is 16.4 Å². The van der Waals surface area contributed by atoms with E-state index >= 15 is 0 Å². The van der Waals surface area contributed by atoms with Crippen molar-refractivity contribution in [2.45, 2.75) is 19.4 Å². The molecule has 0 bridgehead atoms. The molecule has 1 rings (SSSR count). The summed E-state index contributed by atoms with van der Waals surface area (Å²) >= 11 is 0. The van der Waals surface area contributed by atoms with Crippen LogP contribution in [0.3, 0.4) is 0 Å². The minimum atomic E-state index is -4.67. The molecule has 106 valence electrons.